The molecule has 0 saturated carbocycles. The van der Waals surface area contributed by atoms with Gasteiger partial charge in [0.25, 0.3) is 0 Å². The molecule has 0 amide bonds. The molecule has 1 atom stereocenters. The number of rotatable bonds is 5. The highest BCUT2D eigenvalue weighted by molar-refractivity contribution is 5.66. The lowest BCUT2D eigenvalue weighted by molar-refractivity contribution is -0.137. The summed E-state index contributed by atoms with van der Waals surface area (Å²) in [5, 5.41) is 8.85. The highest BCUT2D eigenvalue weighted by atomic mass is 16.4. The van der Waals surface area contributed by atoms with Crippen LogP contribution in [0.2, 0.25) is 0 Å². The fourth-order valence-electron chi connectivity index (χ4n) is 3.64. The minimum Gasteiger partial charge on any atom is -0.481 e. The molecule has 1 unspecified atom stereocenters. The van der Waals surface area contributed by atoms with E-state index in [4.69, 9.17) is 5.11 Å². The number of hydrogen-bond acceptors (Lipinski definition) is 5. The quantitative estimate of drug-likeness (QED) is 0.879. The second-order valence-corrected chi connectivity index (χ2v) is 6.45. The van der Waals surface area contributed by atoms with E-state index < -0.39 is 5.97 Å². The van der Waals surface area contributed by atoms with Gasteiger partial charge in [0.2, 0.25) is 0 Å². The molecular weight excluding hydrogens is 292 g/mol. The summed E-state index contributed by atoms with van der Waals surface area (Å²) in [7, 11) is 0. The van der Waals surface area contributed by atoms with E-state index in [1.54, 1.807) is 0 Å². The van der Waals surface area contributed by atoms with Gasteiger partial charge in [-0.1, -0.05) is 6.07 Å². The van der Waals surface area contributed by atoms with Crippen LogP contribution >= 0.6 is 0 Å². The van der Waals surface area contributed by atoms with Crippen LogP contribution in [0.4, 0.5) is 5.82 Å². The maximum Gasteiger partial charge on any atom is 0.304 e. The molecule has 0 bridgehead atoms. The van der Waals surface area contributed by atoms with E-state index in [2.05, 4.69) is 25.8 Å². The number of hydrogen-bond donors (Lipinski definition) is 1. The lowest BCUT2D eigenvalue weighted by Gasteiger charge is -2.43. The van der Waals surface area contributed by atoms with Crippen LogP contribution < -0.4 is 4.90 Å². The second-order valence-electron chi connectivity index (χ2n) is 6.45. The molecule has 23 heavy (non-hydrogen) atoms. The Morgan fingerprint density at radius 3 is 2.74 bits per heavy atom. The Bertz CT molecular complexity index is 503. The van der Waals surface area contributed by atoms with E-state index in [9.17, 15) is 4.79 Å². The second kappa shape index (κ2) is 7.75. The topological polar surface area (TPSA) is 59.9 Å². The number of carbonyl (C=O) groups is 1. The maximum absolute atomic E-state index is 10.7. The first-order valence-electron chi connectivity index (χ1n) is 8.56. The molecule has 6 nitrogen and oxygen atoms in total. The van der Waals surface area contributed by atoms with Crippen LogP contribution in [0.15, 0.2) is 24.4 Å². The average Bonchev–Trinajstić information content (AvgIpc) is 2.61. The number of piperidine rings is 1. The fourth-order valence-corrected chi connectivity index (χ4v) is 3.64. The molecule has 0 aromatic carbocycles. The molecule has 6 heteroatoms. The van der Waals surface area contributed by atoms with Gasteiger partial charge in [-0.05, 0) is 31.5 Å². The van der Waals surface area contributed by atoms with Gasteiger partial charge in [-0.2, -0.15) is 0 Å². The van der Waals surface area contributed by atoms with Gasteiger partial charge in [0.05, 0.1) is 6.42 Å². The van der Waals surface area contributed by atoms with Crippen molar-refractivity contribution in [2.75, 3.05) is 50.7 Å². The highest BCUT2D eigenvalue weighted by Crippen LogP contribution is 2.19. The van der Waals surface area contributed by atoms with Crippen molar-refractivity contribution in [1.82, 2.24) is 14.8 Å². The summed E-state index contributed by atoms with van der Waals surface area (Å²) < 4.78 is 0. The summed E-state index contributed by atoms with van der Waals surface area (Å²) in [6.45, 7) is 6.89. The third-order valence-electron chi connectivity index (χ3n) is 4.93. The molecule has 1 N–H and O–H groups in total. The van der Waals surface area contributed by atoms with Crippen molar-refractivity contribution in [1.29, 1.82) is 0 Å². The normalized spacial score (nSPS) is 23.8. The van der Waals surface area contributed by atoms with Crippen LogP contribution in [-0.4, -0.2) is 77.7 Å². The number of carboxylic acids is 1. The summed E-state index contributed by atoms with van der Waals surface area (Å²) in [6, 6.07) is 6.64. The molecule has 3 heterocycles. The van der Waals surface area contributed by atoms with Gasteiger partial charge in [-0.15, -0.1) is 0 Å². The summed E-state index contributed by atoms with van der Waals surface area (Å²) in [5.74, 6) is 0.370. The van der Waals surface area contributed by atoms with E-state index in [1.165, 1.54) is 12.8 Å². The standard InChI is InChI=1S/C17H26N4O2/c22-17(23)6-9-19-8-3-4-15(14-19)20-10-12-21(13-11-20)16-5-1-2-7-18-16/h1-2,5,7,15H,3-4,6,8-14H2,(H,22,23). The molecule has 1 aromatic heterocycles. The molecule has 2 aliphatic rings. The molecule has 1 aromatic rings. The van der Waals surface area contributed by atoms with Crippen molar-refractivity contribution in [3.8, 4) is 0 Å². The first-order valence-corrected chi connectivity index (χ1v) is 8.56. The average molecular weight is 318 g/mol. The summed E-state index contributed by atoms with van der Waals surface area (Å²) in [5.41, 5.74) is 0. The predicted octanol–water partition coefficient (Wildman–Crippen LogP) is 1.14. The van der Waals surface area contributed by atoms with Crippen LogP contribution in [0.3, 0.4) is 0 Å². The monoisotopic (exact) mass is 318 g/mol. The van der Waals surface area contributed by atoms with Crippen molar-refractivity contribution in [2.24, 2.45) is 0 Å². The predicted molar refractivity (Wildman–Crippen MR) is 89.7 cm³/mol. The minimum absolute atomic E-state index is 0.250. The summed E-state index contributed by atoms with van der Waals surface area (Å²) >= 11 is 0. The zero-order valence-electron chi connectivity index (χ0n) is 13.6. The number of piperazine rings is 1. The smallest absolute Gasteiger partial charge is 0.304 e. The fraction of sp³-hybridized carbons (Fsp3) is 0.647. The Hall–Kier alpha value is -1.66. The van der Waals surface area contributed by atoms with Crippen molar-refractivity contribution in [2.45, 2.75) is 25.3 Å². The van der Waals surface area contributed by atoms with Gasteiger partial charge < -0.3 is 14.9 Å². The van der Waals surface area contributed by atoms with Gasteiger partial charge in [-0.25, -0.2) is 4.98 Å². The Morgan fingerprint density at radius 2 is 2.04 bits per heavy atom. The third-order valence-corrected chi connectivity index (χ3v) is 4.93. The summed E-state index contributed by atoms with van der Waals surface area (Å²) in [6.07, 6.45) is 4.50. The first-order chi connectivity index (χ1) is 11.2. The Morgan fingerprint density at radius 1 is 1.22 bits per heavy atom. The number of carboxylic acid groups (broad SMARTS) is 1. The number of anilines is 1. The van der Waals surface area contributed by atoms with Gasteiger partial charge in [-0.3, -0.25) is 9.69 Å². The first kappa shape index (κ1) is 16.2. The van der Waals surface area contributed by atoms with Crippen LogP contribution in [0.25, 0.3) is 0 Å². The number of likely N-dealkylation sites (tertiary alicyclic amines) is 1. The Kier molecular flexibility index (Phi) is 5.46. The SMILES string of the molecule is O=C(O)CCN1CCCC(N2CCN(c3ccccn3)CC2)C1. The molecule has 0 radical (unpaired) electrons. The number of aromatic nitrogens is 1. The van der Waals surface area contributed by atoms with Gasteiger partial charge in [0, 0.05) is 51.5 Å². The zero-order valence-corrected chi connectivity index (χ0v) is 13.6. The zero-order chi connectivity index (χ0) is 16.1. The van der Waals surface area contributed by atoms with Crippen LogP contribution in [-0.2, 0) is 4.79 Å². The molecule has 0 spiro atoms. The largest absolute Gasteiger partial charge is 0.481 e. The minimum atomic E-state index is -0.698. The van der Waals surface area contributed by atoms with Gasteiger partial charge in [0.15, 0.2) is 0 Å². The number of nitrogens with zero attached hydrogens (tertiary/aromatic N) is 4. The Labute approximate surface area is 137 Å². The van der Waals surface area contributed by atoms with Crippen LogP contribution in [0.5, 0.6) is 0 Å². The van der Waals surface area contributed by atoms with Gasteiger partial charge >= 0.3 is 5.97 Å². The molecule has 2 aliphatic heterocycles. The maximum atomic E-state index is 10.7. The molecular formula is C17H26N4O2. The Balaban J connectivity index is 1.48. The molecule has 2 saturated heterocycles. The van der Waals surface area contributed by atoms with Crippen molar-refractivity contribution < 1.29 is 9.90 Å². The number of pyridine rings is 1. The van der Waals surface area contributed by atoms with Gasteiger partial charge in [0.1, 0.15) is 5.82 Å². The van der Waals surface area contributed by atoms with E-state index >= 15 is 0 Å². The van der Waals surface area contributed by atoms with E-state index in [0.717, 1.165) is 45.1 Å². The lowest BCUT2D eigenvalue weighted by atomic mass is 10.0. The third kappa shape index (κ3) is 4.42. The molecule has 126 valence electrons. The van der Waals surface area contributed by atoms with Crippen molar-refractivity contribution >= 4 is 11.8 Å². The van der Waals surface area contributed by atoms with E-state index in [0.29, 0.717) is 12.6 Å². The lowest BCUT2D eigenvalue weighted by Crippen LogP contribution is -2.55. The summed E-state index contributed by atoms with van der Waals surface area (Å²) in [4.78, 5) is 22.4. The van der Waals surface area contributed by atoms with Crippen LogP contribution in [0.1, 0.15) is 19.3 Å². The van der Waals surface area contributed by atoms with E-state index in [1.807, 2.05) is 18.3 Å². The van der Waals surface area contributed by atoms with Crippen LogP contribution in [0, 0.1) is 0 Å². The number of aliphatic carboxylic acids is 1. The highest BCUT2D eigenvalue weighted by Gasteiger charge is 2.28. The molecule has 2 fully saturated rings. The molecule has 0 aliphatic carbocycles. The van der Waals surface area contributed by atoms with Crippen molar-refractivity contribution in [3.63, 3.8) is 0 Å². The van der Waals surface area contributed by atoms with E-state index in [-0.39, 0.29) is 6.42 Å². The van der Waals surface area contributed by atoms with Crippen molar-refractivity contribution in [3.05, 3.63) is 24.4 Å². The molecule has 3 rings (SSSR count).